The van der Waals surface area contributed by atoms with Crippen LogP contribution in [0.1, 0.15) is 55.3 Å². The Bertz CT molecular complexity index is 967. The molecule has 3 heterocycles. The summed E-state index contributed by atoms with van der Waals surface area (Å²) >= 11 is 0. The third kappa shape index (κ3) is 4.62. The van der Waals surface area contributed by atoms with Gasteiger partial charge in [-0.3, -0.25) is 0 Å². The van der Waals surface area contributed by atoms with Crippen LogP contribution in [0, 0.1) is 11.8 Å². The van der Waals surface area contributed by atoms with Gasteiger partial charge in [-0.15, -0.1) is 0 Å². The van der Waals surface area contributed by atoms with Gasteiger partial charge in [0.1, 0.15) is 5.82 Å². The highest BCUT2D eigenvalue weighted by molar-refractivity contribution is 5.50. The molecule has 0 unspecified atom stereocenters. The van der Waals surface area contributed by atoms with Crippen LogP contribution in [-0.4, -0.2) is 42.6 Å². The van der Waals surface area contributed by atoms with Crippen molar-refractivity contribution < 1.29 is 9.47 Å². The summed E-state index contributed by atoms with van der Waals surface area (Å²) in [7, 11) is 0. The van der Waals surface area contributed by atoms with E-state index in [4.69, 9.17) is 20.2 Å². The van der Waals surface area contributed by atoms with E-state index < -0.39 is 5.79 Å². The van der Waals surface area contributed by atoms with Crippen LogP contribution in [0.25, 0.3) is 0 Å². The first-order valence-electron chi connectivity index (χ1n) is 11.5. The Morgan fingerprint density at radius 2 is 1.74 bits per heavy atom. The SMILES string of the molecule is NC1(C#Cc2ccc(N3CCC4(C3)OCCO4)nc2Cc2ccccc2)CCCCC1. The van der Waals surface area contributed by atoms with Crippen molar-refractivity contribution in [3.63, 3.8) is 0 Å². The minimum atomic E-state index is -0.452. The zero-order valence-corrected chi connectivity index (χ0v) is 18.1. The molecule has 0 bridgehead atoms. The minimum Gasteiger partial charge on any atom is -0.351 e. The number of benzene rings is 1. The van der Waals surface area contributed by atoms with E-state index in [-0.39, 0.29) is 5.54 Å². The van der Waals surface area contributed by atoms with E-state index in [0.717, 1.165) is 55.8 Å². The lowest BCUT2D eigenvalue weighted by molar-refractivity contribution is -0.137. The summed E-state index contributed by atoms with van der Waals surface area (Å²) in [5, 5.41) is 0. The molecule has 0 radical (unpaired) electrons. The van der Waals surface area contributed by atoms with Gasteiger partial charge in [-0.2, -0.15) is 0 Å². The number of pyridine rings is 1. The van der Waals surface area contributed by atoms with Crippen molar-refractivity contribution in [3.8, 4) is 11.8 Å². The van der Waals surface area contributed by atoms with Gasteiger partial charge in [0.2, 0.25) is 0 Å². The van der Waals surface area contributed by atoms with Crippen LogP contribution < -0.4 is 10.6 Å². The maximum Gasteiger partial charge on any atom is 0.187 e. The van der Waals surface area contributed by atoms with Gasteiger partial charge < -0.3 is 20.1 Å². The van der Waals surface area contributed by atoms with Crippen molar-refractivity contribution in [1.82, 2.24) is 4.98 Å². The predicted octanol–water partition coefficient (Wildman–Crippen LogP) is 3.64. The van der Waals surface area contributed by atoms with Gasteiger partial charge in [0.05, 0.1) is 31.0 Å². The molecule has 5 nitrogen and oxygen atoms in total. The fraction of sp³-hybridized carbons (Fsp3) is 0.500. The molecule has 1 saturated carbocycles. The molecule has 3 fully saturated rings. The number of ether oxygens (including phenoxy) is 2. The summed E-state index contributed by atoms with van der Waals surface area (Å²) in [4.78, 5) is 7.33. The van der Waals surface area contributed by atoms with Gasteiger partial charge in [0.15, 0.2) is 5.79 Å². The molecule has 2 saturated heterocycles. The van der Waals surface area contributed by atoms with Gasteiger partial charge in [0, 0.05) is 24.9 Å². The van der Waals surface area contributed by atoms with Gasteiger partial charge >= 0.3 is 0 Å². The number of hydrogen-bond acceptors (Lipinski definition) is 5. The number of nitrogens with zero attached hydrogens (tertiary/aromatic N) is 2. The normalized spacial score (nSPS) is 21.8. The van der Waals surface area contributed by atoms with Crippen LogP contribution in [0.5, 0.6) is 0 Å². The topological polar surface area (TPSA) is 60.6 Å². The monoisotopic (exact) mass is 417 g/mol. The molecule has 5 rings (SSSR count). The molecule has 2 aliphatic heterocycles. The van der Waals surface area contributed by atoms with E-state index in [0.29, 0.717) is 13.2 Å². The second kappa shape index (κ2) is 8.63. The maximum absolute atomic E-state index is 6.58. The second-order valence-electron chi connectivity index (χ2n) is 9.07. The highest BCUT2D eigenvalue weighted by Gasteiger charge is 2.43. The van der Waals surface area contributed by atoms with Gasteiger partial charge in [-0.1, -0.05) is 61.4 Å². The third-order valence-corrected chi connectivity index (χ3v) is 6.70. The molecular formula is C26H31N3O2. The summed E-state index contributed by atoms with van der Waals surface area (Å²) in [6.07, 6.45) is 7.19. The van der Waals surface area contributed by atoms with Crippen LogP contribution in [0.15, 0.2) is 42.5 Å². The Balaban J connectivity index is 1.43. The van der Waals surface area contributed by atoms with E-state index in [2.05, 4.69) is 53.1 Å². The van der Waals surface area contributed by atoms with Gasteiger partial charge in [-0.25, -0.2) is 4.98 Å². The average Bonchev–Trinajstić information content (AvgIpc) is 3.44. The summed E-state index contributed by atoms with van der Waals surface area (Å²) in [6, 6.07) is 14.7. The highest BCUT2D eigenvalue weighted by atomic mass is 16.7. The molecular weight excluding hydrogens is 386 g/mol. The molecule has 5 heteroatoms. The van der Waals surface area contributed by atoms with Gasteiger partial charge in [0.25, 0.3) is 0 Å². The Kier molecular flexibility index (Phi) is 5.71. The first-order chi connectivity index (χ1) is 15.1. The Morgan fingerprint density at radius 3 is 2.52 bits per heavy atom. The van der Waals surface area contributed by atoms with Crippen LogP contribution in [0.2, 0.25) is 0 Å². The number of nitrogens with two attached hydrogens (primary N) is 1. The fourth-order valence-electron chi connectivity index (χ4n) is 4.89. The molecule has 1 spiro atoms. The van der Waals surface area contributed by atoms with Crippen molar-refractivity contribution >= 4 is 5.82 Å². The zero-order chi connectivity index (χ0) is 21.2. The average molecular weight is 418 g/mol. The predicted molar refractivity (Wildman–Crippen MR) is 122 cm³/mol. The molecule has 1 aliphatic carbocycles. The Hall–Kier alpha value is -2.39. The van der Waals surface area contributed by atoms with Crippen molar-refractivity contribution in [3.05, 3.63) is 59.3 Å². The smallest absolute Gasteiger partial charge is 0.187 e. The lowest BCUT2D eigenvalue weighted by Crippen LogP contribution is -2.40. The summed E-state index contributed by atoms with van der Waals surface area (Å²) in [5.41, 5.74) is 9.43. The van der Waals surface area contributed by atoms with Crippen molar-refractivity contribution in [2.75, 3.05) is 31.2 Å². The number of aromatic nitrogens is 1. The molecule has 31 heavy (non-hydrogen) atoms. The quantitative estimate of drug-likeness (QED) is 0.773. The largest absolute Gasteiger partial charge is 0.351 e. The second-order valence-corrected chi connectivity index (χ2v) is 9.07. The molecule has 2 N–H and O–H groups in total. The number of rotatable bonds is 3. The van der Waals surface area contributed by atoms with Crippen LogP contribution in [0.4, 0.5) is 5.82 Å². The minimum absolute atomic E-state index is 0.362. The number of anilines is 1. The van der Waals surface area contributed by atoms with E-state index in [9.17, 15) is 0 Å². The molecule has 1 aromatic heterocycles. The highest BCUT2D eigenvalue weighted by Crippen LogP contribution is 2.33. The summed E-state index contributed by atoms with van der Waals surface area (Å²) in [5.74, 6) is 7.32. The van der Waals surface area contributed by atoms with Crippen molar-refractivity contribution in [1.29, 1.82) is 0 Å². The molecule has 3 aliphatic rings. The van der Waals surface area contributed by atoms with Crippen molar-refractivity contribution in [2.45, 2.75) is 56.3 Å². The first-order valence-corrected chi connectivity index (χ1v) is 11.5. The maximum atomic E-state index is 6.58. The lowest BCUT2D eigenvalue weighted by atomic mass is 9.83. The fourth-order valence-corrected chi connectivity index (χ4v) is 4.89. The van der Waals surface area contributed by atoms with Crippen LogP contribution >= 0.6 is 0 Å². The molecule has 0 amide bonds. The first kappa shape index (κ1) is 20.5. The van der Waals surface area contributed by atoms with Crippen LogP contribution in [0.3, 0.4) is 0 Å². The van der Waals surface area contributed by atoms with E-state index in [1.807, 2.05) is 6.07 Å². The third-order valence-electron chi connectivity index (χ3n) is 6.70. The van der Waals surface area contributed by atoms with Crippen LogP contribution in [-0.2, 0) is 15.9 Å². The summed E-state index contributed by atoms with van der Waals surface area (Å²) in [6.45, 7) is 2.96. The number of hydrogen-bond donors (Lipinski definition) is 1. The lowest BCUT2D eigenvalue weighted by Gasteiger charge is -2.27. The Morgan fingerprint density at radius 1 is 0.968 bits per heavy atom. The Labute approximate surface area is 184 Å². The summed E-state index contributed by atoms with van der Waals surface area (Å²) < 4.78 is 11.8. The van der Waals surface area contributed by atoms with E-state index >= 15 is 0 Å². The molecule has 0 atom stereocenters. The molecule has 162 valence electrons. The standard InChI is InChI=1S/C26H31N3O2/c27-25(12-5-2-6-13-25)14-11-22-9-10-24(28-23(22)19-21-7-3-1-4-8-21)29-16-15-26(20-29)30-17-18-31-26/h1,3-4,7-10H,2,5-6,12-13,15-20,27H2. The zero-order valence-electron chi connectivity index (χ0n) is 18.1. The van der Waals surface area contributed by atoms with E-state index in [1.165, 1.54) is 24.8 Å². The molecule has 1 aromatic carbocycles. The van der Waals surface area contributed by atoms with Crippen molar-refractivity contribution in [2.24, 2.45) is 5.73 Å². The van der Waals surface area contributed by atoms with Gasteiger partial charge in [-0.05, 0) is 30.5 Å². The van der Waals surface area contributed by atoms with E-state index in [1.54, 1.807) is 0 Å². The molecule has 2 aromatic rings.